The summed E-state index contributed by atoms with van der Waals surface area (Å²) in [5.41, 5.74) is 7.15. The number of primary amides is 1. The molecule has 0 fully saturated rings. The molecule has 0 unspecified atom stereocenters. The molecule has 1 amide bonds. The Bertz CT molecular complexity index is 564. The van der Waals surface area contributed by atoms with E-state index in [1.165, 1.54) is 0 Å². The van der Waals surface area contributed by atoms with E-state index in [0.717, 1.165) is 16.5 Å². The van der Waals surface area contributed by atoms with Crippen molar-refractivity contribution >= 4 is 22.8 Å². The number of aryl methyl sites for hydroxylation is 2. The normalized spacial score (nSPS) is 10.7. The standard InChI is InChI=1S/C14H16N2O3/c15-13(17)7-8-16-9-10(5-6-14(18)19)11-3-1-2-4-12(11)16/h1-4,9H,5-8H2,(H2,15,17)(H,18,19). The molecule has 3 N–H and O–H groups in total. The van der Waals surface area contributed by atoms with E-state index in [2.05, 4.69) is 0 Å². The molecule has 0 bridgehead atoms. The maximum atomic E-state index is 10.9. The molecule has 0 saturated carbocycles. The monoisotopic (exact) mass is 260 g/mol. The molecule has 0 radical (unpaired) electrons. The van der Waals surface area contributed by atoms with Gasteiger partial charge in [0.25, 0.3) is 0 Å². The number of carboxylic acids is 1. The number of amides is 1. The lowest BCUT2D eigenvalue weighted by Crippen LogP contribution is -2.13. The van der Waals surface area contributed by atoms with E-state index in [9.17, 15) is 9.59 Å². The lowest BCUT2D eigenvalue weighted by atomic mass is 10.1. The summed E-state index contributed by atoms with van der Waals surface area (Å²) in [6, 6.07) is 7.77. The number of hydrogen-bond acceptors (Lipinski definition) is 2. The molecule has 2 aromatic rings. The number of nitrogens with zero attached hydrogens (tertiary/aromatic N) is 1. The van der Waals surface area contributed by atoms with Crippen LogP contribution in [0.5, 0.6) is 0 Å². The predicted molar refractivity (Wildman–Crippen MR) is 71.7 cm³/mol. The summed E-state index contributed by atoms with van der Waals surface area (Å²) >= 11 is 0. The second-order valence-corrected chi connectivity index (χ2v) is 4.47. The number of aromatic nitrogens is 1. The van der Waals surface area contributed by atoms with Crippen LogP contribution >= 0.6 is 0 Å². The van der Waals surface area contributed by atoms with Crippen molar-refractivity contribution in [2.75, 3.05) is 0 Å². The molecular weight excluding hydrogens is 244 g/mol. The Labute approximate surface area is 110 Å². The minimum atomic E-state index is -0.811. The Kier molecular flexibility index (Phi) is 3.85. The molecule has 0 spiro atoms. The summed E-state index contributed by atoms with van der Waals surface area (Å²) in [7, 11) is 0. The van der Waals surface area contributed by atoms with Gasteiger partial charge in [-0.3, -0.25) is 9.59 Å². The fourth-order valence-electron chi connectivity index (χ4n) is 2.18. The number of nitrogens with two attached hydrogens (primary N) is 1. The van der Waals surface area contributed by atoms with E-state index < -0.39 is 5.97 Å². The Morgan fingerprint density at radius 1 is 1.21 bits per heavy atom. The van der Waals surface area contributed by atoms with Crippen LogP contribution in [-0.4, -0.2) is 21.6 Å². The number of rotatable bonds is 6. The van der Waals surface area contributed by atoms with Gasteiger partial charge in [0, 0.05) is 36.5 Å². The van der Waals surface area contributed by atoms with Gasteiger partial charge in [-0.2, -0.15) is 0 Å². The number of aliphatic carboxylic acids is 1. The zero-order valence-electron chi connectivity index (χ0n) is 10.5. The van der Waals surface area contributed by atoms with Crippen LogP contribution in [0.15, 0.2) is 30.5 Å². The van der Waals surface area contributed by atoms with Gasteiger partial charge in [-0.05, 0) is 18.1 Å². The van der Waals surface area contributed by atoms with E-state index in [1.54, 1.807) is 0 Å². The fourth-order valence-corrected chi connectivity index (χ4v) is 2.18. The molecular formula is C14H16N2O3. The van der Waals surface area contributed by atoms with Crippen molar-refractivity contribution in [1.29, 1.82) is 0 Å². The summed E-state index contributed by atoms with van der Waals surface area (Å²) in [6.07, 6.45) is 2.77. The van der Waals surface area contributed by atoms with Crippen LogP contribution in [0, 0.1) is 0 Å². The molecule has 2 rings (SSSR count). The topological polar surface area (TPSA) is 85.3 Å². The molecule has 1 aromatic carbocycles. The molecule has 1 heterocycles. The smallest absolute Gasteiger partial charge is 0.303 e. The molecule has 100 valence electrons. The van der Waals surface area contributed by atoms with E-state index in [0.29, 0.717) is 13.0 Å². The van der Waals surface area contributed by atoms with Crippen LogP contribution in [0.2, 0.25) is 0 Å². The van der Waals surface area contributed by atoms with Crippen LogP contribution < -0.4 is 5.73 Å². The molecule has 19 heavy (non-hydrogen) atoms. The second-order valence-electron chi connectivity index (χ2n) is 4.47. The van der Waals surface area contributed by atoms with Gasteiger partial charge in [0.15, 0.2) is 0 Å². The number of hydrogen-bond donors (Lipinski definition) is 2. The highest BCUT2D eigenvalue weighted by Crippen LogP contribution is 2.22. The minimum Gasteiger partial charge on any atom is -0.481 e. The first-order valence-corrected chi connectivity index (χ1v) is 6.15. The molecule has 0 saturated heterocycles. The number of para-hydroxylation sites is 1. The van der Waals surface area contributed by atoms with Crippen molar-refractivity contribution in [1.82, 2.24) is 4.57 Å². The maximum absolute atomic E-state index is 10.9. The van der Waals surface area contributed by atoms with Gasteiger partial charge < -0.3 is 15.4 Å². The highest BCUT2D eigenvalue weighted by atomic mass is 16.4. The lowest BCUT2D eigenvalue weighted by molar-refractivity contribution is -0.137. The van der Waals surface area contributed by atoms with E-state index >= 15 is 0 Å². The third-order valence-corrected chi connectivity index (χ3v) is 3.08. The van der Waals surface area contributed by atoms with Gasteiger partial charge in [-0.15, -0.1) is 0 Å². The largest absolute Gasteiger partial charge is 0.481 e. The highest BCUT2D eigenvalue weighted by molar-refractivity contribution is 5.84. The average Bonchev–Trinajstić information content (AvgIpc) is 2.72. The number of carbonyl (C=O) groups excluding carboxylic acids is 1. The van der Waals surface area contributed by atoms with Crippen LogP contribution in [0.4, 0.5) is 0 Å². The zero-order valence-corrected chi connectivity index (χ0v) is 10.5. The van der Waals surface area contributed by atoms with Crippen molar-refractivity contribution in [2.45, 2.75) is 25.8 Å². The third kappa shape index (κ3) is 3.13. The summed E-state index contributed by atoms with van der Waals surface area (Å²) in [5, 5.41) is 9.80. The highest BCUT2D eigenvalue weighted by Gasteiger charge is 2.09. The summed E-state index contributed by atoms with van der Waals surface area (Å²) in [5.74, 6) is -1.15. The van der Waals surface area contributed by atoms with Gasteiger partial charge in [0.05, 0.1) is 0 Å². The predicted octanol–water partition coefficient (Wildman–Crippen LogP) is 1.53. The molecule has 5 nitrogen and oxygen atoms in total. The van der Waals surface area contributed by atoms with Gasteiger partial charge in [-0.25, -0.2) is 0 Å². The molecule has 0 aliphatic rings. The SMILES string of the molecule is NC(=O)CCn1cc(CCC(=O)O)c2ccccc21. The van der Waals surface area contributed by atoms with Gasteiger partial charge >= 0.3 is 5.97 Å². The van der Waals surface area contributed by atoms with Crippen LogP contribution in [0.25, 0.3) is 10.9 Å². The number of carbonyl (C=O) groups is 2. The molecule has 0 aliphatic heterocycles. The second kappa shape index (κ2) is 5.56. The first kappa shape index (κ1) is 13.1. The average molecular weight is 260 g/mol. The van der Waals surface area contributed by atoms with E-state index in [1.807, 2.05) is 35.0 Å². The van der Waals surface area contributed by atoms with Crippen molar-refractivity contribution in [3.05, 3.63) is 36.0 Å². The van der Waals surface area contributed by atoms with E-state index in [-0.39, 0.29) is 18.7 Å². The van der Waals surface area contributed by atoms with Gasteiger partial charge in [-0.1, -0.05) is 18.2 Å². The quantitative estimate of drug-likeness (QED) is 0.826. The van der Waals surface area contributed by atoms with Crippen molar-refractivity contribution in [3.63, 3.8) is 0 Å². The summed E-state index contributed by atoms with van der Waals surface area (Å²) in [6.45, 7) is 0.517. The van der Waals surface area contributed by atoms with Crippen molar-refractivity contribution in [2.24, 2.45) is 5.73 Å². The molecule has 5 heteroatoms. The fraction of sp³-hybridized carbons (Fsp3) is 0.286. The Balaban J connectivity index is 2.31. The number of benzene rings is 1. The first-order valence-electron chi connectivity index (χ1n) is 6.15. The summed E-state index contributed by atoms with van der Waals surface area (Å²) < 4.78 is 1.96. The molecule has 1 aromatic heterocycles. The Hall–Kier alpha value is -2.30. The van der Waals surface area contributed by atoms with Crippen LogP contribution in [0.1, 0.15) is 18.4 Å². The number of fused-ring (bicyclic) bond motifs is 1. The zero-order chi connectivity index (χ0) is 13.8. The Morgan fingerprint density at radius 2 is 1.95 bits per heavy atom. The van der Waals surface area contributed by atoms with E-state index in [4.69, 9.17) is 10.8 Å². The molecule has 0 atom stereocenters. The molecule has 0 aliphatic carbocycles. The van der Waals surface area contributed by atoms with Crippen molar-refractivity contribution < 1.29 is 14.7 Å². The third-order valence-electron chi connectivity index (χ3n) is 3.08. The minimum absolute atomic E-state index is 0.101. The lowest BCUT2D eigenvalue weighted by Gasteiger charge is -2.02. The maximum Gasteiger partial charge on any atom is 0.303 e. The van der Waals surface area contributed by atoms with Gasteiger partial charge in [0.2, 0.25) is 5.91 Å². The summed E-state index contributed by atoms with van der Waals surface area (Å²) in [4.78, 5) is 21.5. The first-order chi connectivity index (χ1) is 9.08. The number of carboxylic acid groups (broad SMARTS) is 1. The van der Waals surface area contributed by atoms with Crippen molar-refractivity contribution in [3.8, 4) is 0 Å². The van der Waals surface area contributed by atoms with Crippen LogP contribution in [0.3, 0.4) is 0 Å². The van der Waals surface area contributed by atoms with Gasteiger partial charge in [0.1, 0.15) is 0 Å². The Morgan fingerprint density at radius 3 is 2.63 bits per heavy atom. The van der Waals surface area contributed by atoms with Crippen LogP contribution in [-0.2, 0) is 22.6 Å².